The molecule has 106 valence electrons. The van der Waals surface area contributed by atoms with Crippen LogP contribution in [0.5, 0.6) is 0 Å². The third-order valence-corrected chi connectivity index (χ3v) is 2.86. The van der Waals surface area contributed by atoms with E-state index in [9.17, 15) is 9.59 Å². The number of likely N-dealkylation sites (N-methyl/N-ethyl adjacent to an activating group) is 2. The van der Waals surface area contributed by atoms with Gasteiger partial charge in [-0.1, -0.05) is 13.8 Å². The number of carboxylic acids is 2. The predicted octanol–water partition coefficient (Wildman–Crippen LogP) is 0.626. The van der Waals surface area contributed by atoms with Crippen LogP contribution in [0.15, 0.2) is 0 Å². The van der Waals surface area contributed by atoms with E-state index in [-0.39, 0.29) is 18.9 Å². The number of nitrogens with one attached hydrogen (secondary N) is 1. The van der Waals surface area contributed by atoms with Gasteiger partial charge in [-0.05, 0) is 19.5 Å². The lowest BCUT2D eigenvalue weighted by atomic mass is 10.1. The monoisotopic (exact) mass is 260 g/mol. The zero-order valence-electron chi connectivity index (χ0n) is 11.2. The van der Waals surface area contributed by atoms with Gasteiger partial charge >= 0.3 is 11.9 Å². The summed E-state index contributed by atoms with van der Waals surface area (Å²) in [5.41, 5.74) is 0. The van der Waals surface area contributed by atoms with Gasteiger partial charge in [0.05, 0.1) is 6.42 Å². The molecule has 0 aliphatic carbocycles. The van der Waals surface area contributed by atoms with Crippen molar-refractivity contribution in [2.24, 2.45) is 0 Å². The summed E-state index contributed by atoms with van der Waals surface area (Å²) in [5.74, 6) is -1.64. The van der Waals surface area contributed by atoms with Crippen molar-refractivity contribution in [2.75, 3.05) is 26.2 Å². The van der Waals surface area contributed by atoms with Gasteiger partial charge in [-0.25, -0.2) is 0 Å². The smallest absolute Gasteiger partial charge is 0.304 e. The second-order valence-electron chi connectivity index (χ2n) is 4.17. The maximum atomic E-state index is 10.6. The van der Waals surface area contributed by atoms with Crippen LogP contribution in [0.3, 0.4) is 0 Å². The molecule has 6 nitrogen and oxygen atoms in total. The lowest BCUT2D eigenvalue weighted by Gasteiger charge is -2.30. The minimum absolute atomic E-state index is 0.0744. The molecule has 3 N–H and O–H groups in total. The Morgan fingerprint density at radius 3 is 2.22 bits per heavy atom. The zero-order chi connectivity index (χ0) is 14.0. The standard InChI is InChI=1S/C12H24N2O4/c1-3-13-9-10(5-6-11(15)16)14(4-2)8-7-12(17)18/h10,13H,3-9H2,1-2H3,(H,15,16)(H,17,18). The normalized spacial score (nSPS) is 12.6. The van der Waals surface area contributed by atoms with Crippen LogP contribution in [0.4, 0.5) is 0 Å². The summed E-state index contributed by atoms with van der Waals surface area (Å²) in [5, 5.41) is 20.6. The average Bonchev–Trinajstić information content (AvgIpc) is 2.31. The second kappa shape index (κ2) is 9.85. The summed E-state index contributed by atoms with van der Waals surface area (Å²) in [6.45, 7) is 6.64. The molecular weight excluding hydrogens is 236 g/mol. The largest absolute Gasteiger partial charge is 0.481 e. The molecule has 0 heterocycles. The highest BCUT2D eigenvalue weighted by atomic mass is 16.4. The van der Waals surface area contributed by atoms with Gasteiger partial charge in [0.2, 0.25) is 0 Å². The van der Waals surface area contributed by atoms with Crippen molar-refractivity contribution in [3.8, 4) is 0 Å². The maximum Gasteiger partial charge on any atom is 0.304 e. The van der Waals surface area contributed by atoms with E-state index < -0.39 is 11.9 Å². The molecule has 0 aliphatic heterocycles. The Hall–Kier alpha value is -1.14. The molecule has 0 aromatic rings. The summed E-state index contributed by atoms with van der Waals surface area (Å²) < 4.78 is 0. The molecule has 0 spiro atoms. The number of hydrogen-bond donors (Lipinski definition) is 3. The van der Waals surface area contributed by atoms with Crippen molar-refractivity contribution in [3.05, 3.63) is 0 Å². The van der Waals surface area contributed by atoms with Gasteiger partial charge in [-0.15, -0.1) is 0 Å². The molecule has 0 aliphatic rings. The number of carbonyl (C=O) groups is 2. The molecule has 1 atom stereocenters. The van der Waals surface area contributed by atoms with E-state index in [1.54, 1.807) is 0 Å². The maximum absolute atomic E-state index is 10.6. The quantitative estimate of drug-likeness (QED) is 0.505. The Labute approximate surface area is 108 Å². The molecule has 1 unspecified atom stereocenters. The van der Waals surface area contributed by atoms with Crippen LogP contribution in [0.2, 0.25) is 0 Å². The SMILES string of the molecule is CCNCC(CCC(=O)O)N(CC)CCC(=O)O. The van der Waals surface area contributed by atoms with Gasteiger partial charge < -0.3 is 15.5 Å². The molecule has 18 heavy (non-hydrogen) atoms. The number of nitrogens with zero attached hydrogens (tertiary/aromatic N) is 1. The average molecular weight is 260 g/mol. The molecule has 0 amide bonds. The van der Waals surface area contributed by atoms with Crippen molar-refractivity contribution in [3.63, 3.8) is 0 Å². The Kier molecular flexibility index (Phi) is 9.22. The predicted molar refractivity (Wildman–Crippen MR) is 68.7 cm³/mol. The Morgan fingerprint density at radius 1 is 1.17 bits per heavy atom. The summed E-state index contributed by atoms with van der Waals surface area (Å²) in [4.78, 5) is 23.2. The molecule has 0 aromatic heterocycles. The fourth-order valence-electron chi connectivity index (χ4n) is 1.85. The van der Waals surface area contributed by atoms with E-state index in [1.165, 1.54) is 0 Å². The van der Waals surface area contributed by atoms with Crippen molar-refractivity contribution in [2.45, 2.75) is 39.2 Å². The minimum atomic E-state index is -0.825. The number of aliphatic carboxylic acids is 2. The van der Waals surface area contributed by atoms with E-state index in [4.69, 9.17) is 10.2 Å². The van der Waals surface area contributed by atoms with E-state index >= 15 is 0 Å². The van der Waals surface area contributed by atoms with Gasteiger partial charge in [0.25, 0.3) is 0 Å². The van der Waals surface area contributed by atoms with Crippen LogP contribution in [-0.2, 0) is 9.59 Å². The highest BCUT2D eigenvalue weighted by Crippen LogP contribution is 2.07. The van der Waals surface area contributed by atoms with Gasteiger partial charge in [-0.2, -0.15) is 0 Å². The summed E-state index contributed by atoms with van der Waals surface area (Å²) in [7, 11) is 0. The first-order valence-electron chi connectivity index (χ1n) is 6.39. The third kappa shape index (κ3) is 8.03. The number of hydrogen-bond acceptors (Lipinski definition) is 4. The number of carboxylic acid groups (broad SMARTS) is 2. The Balaban J connectivity index is 4.35. The molecule has 6 heteroatoms. The van der Waals surface area contributed by atoms with Crippen molar-refractivity contribution < 1.29 is 19.8 Å². The highest BCUT2D eigenvalue weighted by molar-refractivity contribution is 5.67. The zero-order valence-corrected chi connectivity index (χ0v) is 11.2. The lowest BCUT2D eigenvalue weighted by Crippen LogP contribution is -2.43. The molecule has 0 aromatic carbocycles. The molecule has 0 radical (unpaired) electrons. The van der Waals surface area contributed by atoms with E-state index in [1.807, 2.05) is 18.7 Å². The van der Waals surface area contributed by atoms with Crippen LogP contribution in [-0.4, -0.2) is 59.3 Å². The Morgan fingerprint density at radius 2 is 1.78 bits per heavy atom. The molecule has 0 fully saturated rings. The minimum Gasteiger partial charge on any atom is -0.481 e. The molecule has 0 saturated heterocycles. The van der Waals surface area contributed by atoms with Crippen LogP contribution in [0, 0.1) is 0 Å². The second-order valence-corrected chi connectivity index (χ2v) is 4.17. The van der Waals surface area contributed by atoms with E-state index in [0.717, 1.165) is 13.1 Å². The molecular formula is C12H24N2O4. The van der Waals surface area contributed by atoms with Gasteiger partial charge in [0.1, 0.15) is 0 Å². The topological polar surface area (TPSA) is 89.9 Å². The van der Waals surface area contributed by atoms with Crippen LogP contribution >= 0.6 is 0 Å². The highest BCUT2D eigenvalue weighted by Gasteiger charge is 2.18. The third-order valence-electron chi connectivity index (χ3n) is 2.86. The van der Waals surface area contributed by atoms with Crippen LogP contribution in [0.25, 0.3) is 0 Å². The fourth-order valence-corrected chi connectivity index (χ4v) is 1.85. The van der Waals surface area contributed by atoms with Gasteiger partial charge in [0.15, 0.2) is 0 Å². The number of rotatable bonds is 11. The van der Waals surface area contributed by atoms with Crippen LogP contribution in [0.1, 0.15) is 33.1 Å². The summed E-state index contributed by atoms with van der Waals surface area (Å²) >= 11 is 0. The lowest BCUT2D eigenvalue weighted by molar-refractivity contribution is -0.139. The first-order valence-corrected chi connectivity index (χ1v) is 6.39. The van der Waals surface area contributed by atoms with Crippen molar-refractivity contribution in [1.82, 2.24) is 10.2 Å². The van der Waals surface area contributed by atoms with Crippen LogP contribution < -0.4 is 5.32 Å². The van der Waals surface area contributed by atoms with Gasteiger partial charge in [-0.3, -0.25) is 14.5 Å². The first-order chi connectivity index (χ1) is 8.51. The van der Waals surface area contributed by atoms with E-state index in [0.29, 0.717) is 19.5 Å². The van der Waals surface area contributed by atoms with Crippen molar-refractivity contribution >= 4 is 11.9 Å². The first kappa shape index (κ1) is 16.9. The van der Waals surface area contributed by atoms with E-state index in [2.05, 4.69) is 5.32 Å². The summed E-state index contributed by atoms with van der Waals surface area (Å²) in [6, 6.07) is 0.0744. The molecule has 0 bridgehead atoms. The summed E-state index contributed by atoms with van der Waals surface area (Å²) in [6.07, 6.45) is 0.735. The molecule has 0 saturated carbocycles. The van der Waals surface area contributed by atoms with Gasteiger partial charge in [0, 0.05) is 25.6 Å². The fraction of sp³-hybridized carbons (Fsp3) is 0.833. The Bertz CT molecular complexity index is 258. The molecule has 0 rings (SSSR count). The van der Waals surface area contributed by atoms with Crippen molar-refractivity contribution in [1.29, 1.82) is 0 Å².